The molecule has 1 heterocycles. The standard InChI is InChI=1S/C25H20N2O6/c1-33-20-9-5-8-18(14-20)23(28)21-22(17-10-12-19(13-11-17)27(31)32)26(25(30)24(21)29)15-16-6-3-2-4-7-16/h2-14,22,28H,15H2,1H3/b23-21+. The molecule has 1 aliphatic rings. The van der Waals surface area contributed by atoms with Crippen molar-refractivity contribution in [2.24, 2.45) is 0 Å². The molecule has 8 nitrogen and oxygen atoms in total. The number of non-ortho nitro benzene ring substituents is 1. The van der Waals surface area contributed by atoms with Crippen molar-refractivity contribution in [1.82, 2.24) is 4.90 Å². The summed E-state index contributed by atoms with van der Waals surface area (Å²) in [7, 11) is 1.48. The van der Waals surface area contributed by atoms with Crippen LogP contribution in [0.25, 0.3) is 5.76 Å². The highest BCUT2D eigenvalue weighted by Crippen LogP contribution is 2.41. The van der Waals surface area contributed by atoms with Crippen molar-refractivity contribution in [3.63, 3.8) is 0 Å². The van der Waals surface area contributed by atoms with Gasteiger partial charge in [0.15, 0.2) is 0 Å². The van der Waals surface area contributed by atoms with Crippen LogP contribution in [0.3, 0.4) is 0 Å². The summed E-state index contributed by atoms with van der Waals surface area (Å²) < 4.78 is 5.20. The number of rotatable bonds is 6. The first-order valence-corrected chi connectivity index (χ1v) is 10.1. The van der Waals surface area contributed by atoms with Gasteiger partial charge in [-0.05, 0) is 35.4 Å². The molecular weight excluding hydrogens is 424 g/mol. The lowest BCUT2D eigenvalue weighted by molar-refractivity contribution is -0.384. The second-order valence-electron chi connectivity index (χ2n) is 7.49. The maximum atomic E-state index is 13.1. The fourth-order valence-corrected chi connectivity index (χ4v) is 3.87. The number of nitrogens with zero attached hydrogens (tertiary/aromatic N) is 2. The molecule has 0 bridgehead atoms. The van der Waals surface area contributed by atoms with Crippen LogP contribution in [0, 0.1) is 10.1 Å². The number of ether oxygens (including phenoxy) is 1. The van der Waals surface area contributed by atoms with E-state index in [1.54, 1.807) is 24.3 Å². The summed E-state index contributed by atoms with van der Waals surface area (Å²) in [5.74, 6) is -1.45. The minimum absolute atomic E-state index is 0.0852. The number of Topliss-reactive ketones (excluding diaryl/α,β-unsaturated/α-hetero) is 1. The number of nitro groups is 1. The number of carbonyl (C=O) groups is 2. The van der Waals surface area contributed by atoms with Crippen molar-refractivity contribution in [3.05, 3.63) is 111 Å². The highest BCUT2D eigenvalue weighted by atomic mass is 16.6. The predicted octanol–water partition coefficient (Wildman–Crippen LogP) is 4.23. The van der Waals surface area contributed by atoms with Crippen LogP contribution in [0.5, 0.6) is 5.75 Å². The summed E-state index contributed by atoms with van der Waals surface area (Å²) in [6.45, 7) is 0.127. The summed E-state index contributed by atoms with van der Waals surface area (Å²) in [5.41, 5.74) is 1.39. The molecule has 1 fully saturated rings. The number of amides is 1. The summed E-state index contributed by atoms with van der Waals surface area (Å²) in [6, 6.07) is 20.3. The van der Waals surface area contributed by atoms with E-state index in [9.17, 15) is 24.8 Å². The highest BCUT2D eigenvalue weighted by Gasteiger charge is 2.46. The summed E-state index contributed by atoms with van der Waals surface area (Å²) >= 11 is 0. The quantitative estimate of drug-likeness (QED) is 0.200. The number of likely N-dealkylation sites (tertiary alicyclic amines) is 1. The summed E-state index contributed by atoms with van der Waals surface area (Å²) in [5, 5.41) is 22.2. The van der Waals surface area contributed by atoms with Gasteiger partial charge in [0.05, 0.1) is 23.6 Å². The lowest BCUT2D eigenvalue weighted by atomic mass is 9.95. The van der Waals surface area contributed by atoms with E-state index in [1.165, 1.54) is 36.3 Å². The number of aliphatic hydroxyl groups excluding tert-OH is 1. The minimum atomic E-state index is -0.919. The van der Waals surface area contributed by atoms with E-state index in [1.807, 2.05) is 30.3 Å². The molecule has 0 spiro atoms. The molecule has 0 radical (unpaired) electrons. The van der Waals surface area contributed by atoms with Gasteiger partial charge in [0, 0.05) is 24.2 Å². The molecule has 1 saturated heterocycles. The largest absolute Gasteiger partial charge is 0.507 e. The van der Waals surface area contributed by atoms with Crippen molar-refractivity contribution in [2.75, 3.05) is 7.11 Å². The van der Waals surface area contributed by atoms with Gasteiger partial charge in [0.1, 0.15) is 11.5 Å². The van der Waals surface area contributed by atoms with Crippen molar-refractivity contribution in [2.45, 2.75) is 12.6 Å². The molecule has 1 N–H and O–H groups in total. The number of benzene rings is 3. The highest BCUT2D eigenvalue weighted by molar-refractivity contribution is 6.46. The maximum absolute atomic E-state index is 13.1. The molecule has 33 heavy (non-hydrogen) atoms. The van der Waals surface area contributed by atoms with Crippen LogP contribution in [0.4, 0.5) is 5.69 Å². The average molecular weight is 444 g/mol. The molecular formula is C25H20N2O6. The van der Waals surface area contributed by atoms with Gasteiger partial charge in [-0.25, -0.2) is 0 Å². The first-order valence-electron chi connectivity index (χ1n) is 10.1. The van der Waals surface area contributed by atoms with Crippen LogP contribution in [0.15, 0.2) is 84.4 Å². The van der Waals surface area contributed by atoms with E-state index >= 15 is 0 Å². The zero-order valence-electron chi connectivity index (χ0n) is 17.7. The number of ketones is 1. The third-order valence-corrected chi connectivity index (χ3v) is 5.50. The number of nitro benzene ring substituents is 1. The Hall–Kier alpha value is -4.46. The van der Waals surface area contributed by atoms with Gasteiger partial charge in [-0.1, -0.05) is 42.5 Å². The Morgan fingerprint density at radius 1 is 1.03 bits per heavy atom. The zero-order chi connectivity index (χ0) is 23.5. The Kier molecular flexibility index (Phi) is 5.91. The Morgan fingerprint density at radius 3 is 2.36 bits per heavy atom. The van der Waals surface area contributed by atoms with Crippen molar-refractivity contribution >= 4 is 23.1 Å². The Balaban J connectivity index is 1.86. The first-order chi connectivity index (χ1) is 15.9. The van der Waals surface area contributed by atoms with Gasteiger partial charge < -0.3 is 14.7 Å². The number of hydrogen-bond acceptors (Lipinski definition) is 6. The van der Waals surface area contributed by atoms with Crippen LogP contribution < -0.4 is 4.74 Å². The van der Waals surface area contributed by atoms with E-state index in [2.05, 4.69) is 0 Å². The van der Waals surface area contributed by atoms with E-state index in [4.69, 9.17) is 4.74 Å². The Morgan fingerprint density at radius 2 is 1.73 bits per heavy atom. The van der Waals surface area contributed by atoms with E-state index in [0.717, 1.165) is 5.56 Å². The molecule has 1 unspecified atom stereocenters. The predicted molar refractivity (Wildman–Crippen MR) is 120 cm³/mol. The minimum Gasteiger partial charge on any atom is -0.507 e. The topological polar surface area (TPSA) is 110 Å². The lowest BCUT2D eigenvalue weighted by Gasteiger charge is -2.25. The van der Waals surface area contributed by atoms with E-state index in [0.29, 0.717) is 16.9 Å². The van der Waals surface area contributed by atoms with Gasteiger partial charge >= 0.3 is 0 Å². The van der Waals surface area contributed by atoms with Crippen LogP contribution in [-0.2, 0) is 16.1 Å². The molecule has 166 valence electrons. The fraction of sp³-hybridized carbons (Fsp3) is 0.120. The van der Waals surface area contributed by atoms with Gasteiger partial charge in [0.25, 0.3) is 17.4 Å². The molecule has 1 aliphatic heterocycles. The van der Waals surface area contributed by atoms with Gasteiger partial charge in [0.2, 0.25) is 0 Å². The number of methoxy groups -OCH3 is 1. The van der Waals surface area contributed by atoms with Crippen molar-refractivity contribution in [3.8, 4) is 5.75 Å². The third kappa shape index (κ3) is 4.18. The fourth-order valence-electron chi connectivity index (χ4n) is 3.87. The molecule has 1 amide bonds. The number of hydrogen-bond donors (Lipinski definition) is 1. The van der Waals surface area contributed by atoms with Crippen LogP contribution in [0.1, 0.15) is 22.7 Å². The SMILES string of the molecule is COc1cccc(/C(O)=C2\C(=O)C(=O)N(Cc3ccccc3)C2c2ccc([N+](=O)[O-])cc2)c1. The molecule has 0 aromatic heterocycles. The smallest absolute Gasteiger partial charge is 0.295 e. The molecule has 0 saturated carbocycles. The lowest BCUT2D eigenvalue weighted by Crippen LogP contribution is -2.29. The summed E-state index contributed by atoms with van der Waals surface area (Å²) in [6.07, 6.45) is 0. The zero-order valence-corrected chi connectivity index (χ0v) is 17.7. The van der Waals surface area contributed by atoms with E-state index in [-0.39, 0.29) is 23.6 Å². The molecule has 1 atom stereocenters. The van der Waals surface area contributed by atoms with Gasteiger partial charge in [-0.3, -0.25) is 19.7 Å². The monoisotopic (exact) mass is 444 g/mol. The van der Waals surface area contributed by atoms with E-state index < -0.39 is 22.7 Å². The third-order valence-electron chi connectivity index (χ3n) is 5.50. The van der Waals surface area contributed by atoms with Crippen molar-refractivity contribution < 1.29 is 24.4 Å². The molecule has 8 heteroatoms. The normalized spacial score (nSPS) is 17.2. The maximum Gasteiger partial charge on any atom is 0.295 e. The first kappa shape index (κ1) is 21.8. The van der Waals surface area contributed by atoms with Crippen LogP contribution >= 0.6 is 0 Å². The van der Waals surface area contributed by atoms with Gasteiger partial charge in [-0.2, -0.15) is 0 Å². The summed E-state index contributed by atoms with van der Waals surface area (Å²) in [4.78, 5) is 38.0. The molecule has 3 aromatic carbocycles. The Labute approximate surface area is 189 Å². The average Bonchev–Trinajstić information content (AvgIpc) is 3.09. The van der Waals surface area contributed by atoms with Crippen LogP contribution in [0.2, 0.25) is 0 Å². The second-order valence-corrected chi connectivity index (χ2v) is 7.49. The molecule has 0 aliphatic carbocycles. The number of aliphatic hydroxyl groups is 1. The second kappa shape index (κ2) is 8.96. The van der Waals surface area contributed by atoms with Crippen molar-refractivity contribution in [1.29, 1.82) is 0 Å². The van der Waals surface area contributed by atoms with Crippen LogP contribution in [-0.4, -0.2) is 33.7 Å². The van der Waals surface area contributed by atoms with Gasteiger partial charge in [-0.15, -0.1) is 0 Å². The molecule has 4 rings (SSSR count). The Bertz CT molecular complexity index is 1250. The molecule has 3 aromatic rings. The number of carbonyl (C=O) groups excluding carboxylic acids is 2.